The number of aliphatic carboxylic acids is 1. The molecule has 0 saturated carbocycles. The molecule has 3 aromatic carbocycles. The first-order valence-corrected chi connectivity index (χ1v) is 12.5. The van der Waals surface area contributed by atoms with Crippen LogP contribution >= 0.6 is 15.9 Å². The molecule has 10 heteroatoms. The van der Waals surface area contributed by atoms with Crippen molar-refractivity contribution >= 4 is 55.7 Å². The highest BCUT2D eigenvalue weighted by Crippen LogP contribution is 2.30. The van der Waals surface area contributed by atoms with Crippen LogP contribution in [0.3, 0.4) is 0 Å². The number of nitrogens with zero attached hydrogens (tertiary/aromatic N) is 4. The van der Waals surface area contributed by atoms with Crippen molar-refractivity contribution in [3.8, 4) is 17.3 Å². The highest BCUT2D eigenvalue weighted by molar-refractivity contribution is 9.10. The van der Waals surface area contributed by atoms with Crippen molar-refractivity contribution in [2.24, 2.45) is 5.10 Å². The van der Waals surface area contributed by atoms with Crippen LogP contribution in [-0.2, 0) is 4.79 Å². The molecule has 0 spiro atoms. The Labute approximate surface area is 225 Å². The third-order valence-electron chi connectivity index (χ3n) is 5.93. The number of carboxylic acids is 1. The van der Waals surface area contributed by atoms with Crippen LogP contribution in [0.15, 0.2) is 85.5 Å². The van der Waals surface area contributed by atoms with Crippen LogP contribution in [0.1, 0.15) is 12.5 Å². The van der Waals surface area contributed by atoms with Crippen LogP contribution in [0.4, 0.5) is 5.69 Å². The van der Waals surface area contributed by atoms with Gasteiger partial charge in [0.2, 0.25) is 5.82 Å². The number of furan rings is 1. The quantitative estimate of drug-likeness (QED) is 0.260. The minimum atomic E-state index is -1.10. The molecular weight excluding hydrogens is 552 g/mol. The molecule has 2 heterocycles. The SMILES string of the molecule is C[C@H](Oc1cc(N(C)C)ccc1C=Nn1c(-c2cc3cc(Br)ccc3o2)nc2ccccc2c1=O)C(=O)O. The summed E-state index contributed by atoms with van der Waals surface area (Å²) in [6.07, 6.45) is 0.360. The lowest BCUT2D eigenvalue weighted by molar-refractivity contribution is -0.144. The summed E-state index contributed by atoms with van der Waals surface area (Å²) in [6.45, 7) is 1.45. The summed E-state index contributed by atoms with van der Waals surface area (Å²) >= 11 is 3.47. The molecule has 0 saturated heterocycles. The third kappa shape index (κ3) is 4.90. The van der Waals surface area contributed by atoms with E-state index in [2.05, 4.69) is 21.0 Å². The largest absolute Gasteiger partial charge is 0.479 e. The minimum absolute atomic E-state index is 0.226. The number of halogens is 1. The van der Waals surface area contributed by atoms with Crippen molar-refractivity contribution < 1.29 is 19.1 Å². The topological polar surface area (TPSA) is 110 Å². The van der Waals surface area contributed by atoms with Gasteiger partial charge in [-0.05, 0) is 55.5 Å². The number of carbonyl (C=O) groups is 1. The number of hydrogen-bond acceptors (Lipinski definition) is 7. The van der Waals surface area contributed by atoms with Crippen molar-refractivity contribution in [3.63, 3.8) is 0 Å². The van der Waals surface area contributed by atoms with Gasteiger partial charge in [-0.15, -0.1) is 0 Å². The van der Waals surface area contributed by atoms with E-state index in [1.807, 2.05) is 43.3 Å². The minimum Gasteiger partial charge on any atom is -0.479 e. The number of benzene rings is 3. The normalized spacial score (nSPS) is 12.3. The zero-order chi connectivity index (χ0) is 27.0. The summed E-state index contributed by atoms with van der Waals surface area (Å²) in [5.74, 6) is -0.190. The van der Waals surface area contributed by atoms with Crippen molar-refractivity contribution in [1.82, 2.24) is 9.66 Å². The summed E-state index contributed by atoms with van der Waals surface area (Å²) in [5.41, 5.74) is 2.07. The standard InChI is InChI=1S/C28H23BrN4O5/c1-16(28(35)36)37-24-14-20(32(2)3)10-8-17(24)15-30-33-26(31-22-7-5-4-6-21(22)27(33)34)25-13-18-12-19(29)9-11-23(18)38-25/h4-16H,1-3H3,(H,35,36)/t16-/m0/s1. The monoisotopic (exact) mass is 574 g/mol. The lowest BCUT2D eigenvalue weighted by Gasteiger charge is -2.17. The van der Waals surface area contributed by atoms with Crippen molar-refractivity contribution in [3.05, 3.63) is 87.1 Å². The van der Waals surface area contributed by atoms with E-state index in [-0.39, 0.29) is 11.4 Å². The molecule has 0 aliphatic carbocycles. The molecule has 0 aliphatic heterocycles. The summed E-state index contributed by atoms with van der Waals surface area (Å²) in [5, 5.41) is 15.1. The van der Waals surface area contributed by atoms with Gasteiger partial charge in [0, 0.05) is 41.3 Å². The fraction of sp³-hybridized carbons (Fsp3) is 0.143. The Morgan fingerprint density at radius 2 is 1.95 bits per heavy atom. The fourth-order valence-corrected chi connectivity index (χ4v) is 4.26. The molecular formula is C28H23BrN4O5. The summed E-state index contributed by atoms with van der Waals surface area (Å²) in [7, 11) is 3.73. The number of aromatic nitrogens is 2. The second-order valence-corrected chi connectivity index (χ2v) is 9.74. The van der Waals surface area contributed by atoms with Crippen LogP contribution in [0.5, 0.6) is 5.75 Å². The van der Waals surface area contributed by atoms with Crippen LogP contribution in [0.25, 0.3) is 33.5 Å². The summed E-state index contributed by atoms with van der Waals surface area (Å²) in [4.78, 5) is 31.6. The summed E-state index contributed by atoms with van der Waals surface area (Å²) < 4.78 is 13.8. The maximum absolute atomic E-state index is 13.6. The Kier molecular flexibility index (Phi) is 6.73. The van der Waals surface area contributed by atoms with E-state index < -0.39 is 12.1 Å². The molecule has 9 nitrogen and oxygen atoms in total. The van der Waals surface area contributed by atoms with Gasteiger partial charge in [0.25, 0.3) is 5.56 Å². The molecule has 5 aromatic rings. The molecule has 0 radical (unpaired) electrons. The zero-order valence-electron chi connectivity index (χ0n) is 20.8. The van der Waals surface area contributed by atoms with Gasteiger partial charge in [0.1, 0.15) is 11.3 Å². The third-order valence-corrected chi connectivity index (χ3v) is 6.42. The van der Waals surface area contributed by atoms with E-state index in [0.29, 0.717) is 33.6 Å². The van der Waals surface area contributed by atoms with Crippen LogP contribution in [0, 0.1) is 0 Å². The van der Waals surface area contributed by atoms with E-state index in [0.717, 1.165) is 15.5 Å². The fourth-order valence-electron chi connectivity index (χ4n) is 3.89. The average molecular weight is 575 g/mol. The molecule has 192 valence electrons. The van der Waals surface area contributed by atoms with E-state index >= 15 is 0 Å². The van der Waals surface area contributed by atoms with Crippen molar-refractivity contribution in [2.75, 3.05) is 19.0 Å². The lowest BCUT2D eigenvalue weighted by atomic mass is 10.2. The van der Waals surface area contributed by atoms with Crippen molar-refractivity contribution in [2.45, 2.75) is 13.0 Å². The average Bonchev–Trinajstić information content (AvgIpc) is 3.31. The van der Waals surface area contributed by atoms with Gasteiger partial charge in [-0.2, -0.15) is 9.78 Å². The zero-order valence-corrected chi connectivity index (χ0v) is 22.3. The molecule has 38 heavy (non-hydrogen) atoms. The van der Waals surface area contributed by atoms with Gasteiger partial charge in [-0.25, -0.2) is 9.78 Å². The van der Waals surface area contributed by atoms with E-state index in [1.54, 1.807) is 42.5 Å². The number of fused-ring (bicyclic) bond motifs is 2. The van der Waals surface area contributed by atoms with E-state index in [1.165, 1.54) is 17.8 Å². The van der Waals surface area contributed by atoms with Gasteiger partial charge in [-0.3, -0.25) is 4.79 Å². The van der Waals surface area contributed by atoms with E-state index in [9.17, 15) is 14.7 Å². The molecule has 0 amide bonds. The predicted octanol–water partition coefficient (Wildman–Crippen LogP) is 5.37. The van der Waals surface area contributed by atoms with Crippen molar-refractivity contribution in [1.29, 1.82) is 0 Å². The molecule has 0 bridgehead atoms. The van der Waals surface area contributed by atoms with Crippen LogP contribution in [0.2, 0.25) is 0 Å². The Morgan fingerprint density at radius 1 is 1.16 bits per heavy atom. The Balaban J connectivity index is 1.67. The number of carboxylic acid groups (broad SMARTS) is 1. The second kappa shape index (κ2) is 10.1. The Hall–Kier alpha value is -4.44. The number of rotatable bonds is 7. The number of para-hydroxylation sites is 1. The van der Waals surface area contributed by atoms with Gasteiger partial charge >= 0.3 is 5.97 Å². The molecule has 5 rings (SSSR count). The highest BCUT2D eigenvalue weighted by Gasteiger charge is 2.18. The molecule has 0 fully saturated rings. The van der Waals surface area contributed by atoms with Gasteiger partial charge in [0.05, 0.1) is 17.1 Å². The summed E-state index contributed by atoms with van der Waals surface area (Å²) in [6, 6.07) is 19.7. The van der Waals surface area contributed by atoms with Crippen LogP contribution < -0.4 is 15.2 Å². The smallest absolute Gasteiger partial charge is 0.344 e. The number of hydrogen-bond donors (Lipinski definition) is 1. The molecule has 2 aromatic heterocycles. The Bertz CT molecular complexity index is 1770. The van der Waals surface area contributed by atoms with E-state index in [4.69, 9.17) is 14.1 Å². The maximum Gasteiger partial charge on any atom is 0.344 e. The maximum atomic E-state index is 13.6. The highest BCUT2D eigenvalue weighted by atomic mass is 79.9. The lowest BCUT2D eigenvalue weighted by Crippen LogP contribution is -2.24. The molecule has 1 atom stereocenters. The first-order valence-electron chi connectivity index (χ1n) is 11.7. The van der Waals surface area contributed by atoms with Crippen LogP contribution in [-0.4, -0.2) is 47.1 Å². The Morgan fingerprint density at radius 3 is 2.71 bits per heavy atom. The second-order valence-electron chi connectivity index (χ2n) is 8.82. The van der Waals surface area contributed by atoms with Gasteiger partial charge < -0.3 is 19.2 Å². The molecule has 1 N–H and O–H groups in total. The molecule has 0 aliphatic rings. The van der Waals surface area contributed by atoms with Gasteiger partial charge in [-0.1, -0.05) is 28.1 Å². The molecule has 0 unspecified atom stereocenters. The van der Waals surface area contributed by atoms with Gasteiger partial charge in [0.15, 0.2) is 11.9 Å². The number of anilines is 1. The predicted molar refractivity (Wildman–Crippen MR) is 150 cm³/mol. The number of ether oxygens (including phenoxy) is 1. The first kappa shape index (κ1) is 25.2. The first-order chi connectivity index (χ1) is 18.2.